The van der Waals surface area contributed by atoms with Crippen LogP contribution >= 0.6 is 0 Å². The normalized spacial score (nSPS) is 27.4. The molecule has 5 nitrogen and oxygen atoms in total. The summed E-state index contributed by atoms with van der Waals surface area (Å²) in [5, 5.41) is 0.985. The third kappa shape index (κ3) is 3.39. The Bertz CT molecular complexity index is 881. The van der Waals surface area contributed by atoms with Crippen LogP contribution in [0.1, 0.15) is 37.9 Å². The van der Waals surface area contributed by atoms with Gasteiger partial charge in [-0.1, -0.05) is 13.0 Å². The van der Waals surface area contributed by atoms with Crippen LogP contribution in [-0.4, -0.2) is 42.1 Å². The van der Waals surface area contributed by atoms with Crippen molar-refractivity contribution < 1.29 is 14.3 Å². The number of carbonyl (C=O) groups is 1. The van der Waals surface area contributed by atoms with Crippen molar-refractivity contribution in [3.05, 3.63) is 48.7 Å². The van der Waals surface area contributed by atoms with Gasteiger partial charge in [0.25, 0.3) is 0 Å². The Hall–Kier alpha value is -2.40. The first kappa shape index (κ1) is 18.9. The summed E-state index contributed by atoms with van der Waals surface area (Å²) >= 11 is 0. The number of benzene rings is 1. The van der Waals surface area contributed by atoms with Gasteiger partial charge in [-0.3, -0.25) is 14.7 Å². The van der Waals surface area contributed by atoms with E-state index in [-0.39, 0.29) is 18.1 Å². The molecular weight excluding hydrogens is 352 g/mol. The van der Waals surface area contributed by atoms with Gasteiger partial charge in [0, 0.05) is 30.1 Å². The third-order valence-corrected chi connectivity index (χ3v) is 6.34. The number of ether oxygens (including phenoxy) is 2. The van der Waals surface area contributed by atoms with Gasteiger partial charge in [0.15, 0.2) is 0 Å². The van der Waals surface area contributed by atoms with E-state index in [1.807, 2.05) is 31.2 Å². The van der Waals surface area contributed by atoms with Gasteiger partial charge in [0.2, 0.25) is 0 Å². The second-order valence-corrected chi connectivity index (χ2v) is 7.79. The number of aromatic nitrogens is 1. The molecule has 2 aromatic rings. The zero-order valence-electron chi connectivity index (χ0n) is 16.6. The molecule has 5 atom stereocenters. The first-order valence-electron chi connectivity index (χ1n) is 10.1. The number of nitrogens with zero attached hydrogens (tertiary/aromatic N) is 2. The van der Waals surface area contributed by atoms with Crippen LogP contribution in [-0.2, 0) is 9.53 Å². The highest BCUT2D eigenvalue weighted by molar-refractivity contribution is 5.84. The molecule has 0 amide bonds. The van der Waals surface area contributed by atoms with Crippen molar-refractivity contribution in [2.75, 3.05) is 20.2 Å². The van der Waals surface area contributed by atoms with Crippen LogP contribution < -0.4 is 4.74 Å². The first-order valence-corrected chi connectivity index (χ1v) is 10.1. The number of hydrogen-bond donors (Lipinski definition) is 0. The summed E-state index contributed by atoms with van der Waals surface area (Å²) in [6, 6.07) is 8.03. The van der Waals surface area contributed by atoms with E-state index in [0.717, 1.165) is 41.7 Å². The van der Waals surface area contributed by atoms with E-state index in [1.54, 1.807) is 13.3 Å². The van der Waals surface area contributed by atoms with E-state index >= 15 is 0 Å². The molecule has 0 spiro atoms. The van der Waals surface area contributed by atoms with Crippen LogP contribution in [0.25, 0.3) is 10.9 Å². The Balaban J connectivity index is 1.76. The second-order valence-electron chi connectivity index (χ2n) is 7.79. The molecule has 0 radical (unpaired) electrons. The molecule has 3 fully saturated rings. The van der Waals surface area contributed by atoms with Gasteiger partial charge in [0.1, 0.15) is 11.9 Å². The molecule has 3 saturated heterocycles. The molecule has 0 aliphatic carbocycles. The van der Waals surface area contributed by atoms with Gasteiger partial charge < -0.3 is 9.47 Å². The molecule has 4 heterocycles. The quantitative estimate of drug-likeness (QED) is 0.557. The molecule has 0 N–H and O–H groups in total. The first-order chi connectivity index (χ1) is 13.6. The van der Waals surface area contributed by atoms with Crippen molar-refractivity contribution in [2.45, 2.75) is 38.3 Å². The minimum atomic E-state index is -0.307. The van der Waals surface area contributed by atoms with Crippen molar-refractivity contribution in [2.24, 2.45) is 11.8 Å². The highest BCUT2D eigenvalue weighted by atomic mass is 16.5. The molecule has 1 aromatic heterocycles. The molecular formula is C23H28N2O3. The maximum Gasteiger partial charge on any atom is 0.306 e. The molecule has 1 unspecified atom stereocenters. The molecule has 28 heavy (non-hydrogen) atoms. The van der Waals surface area contributed by atoms with Gasteiger partial charge in [-0.05, 0) is 55.5 Å². The van der Waals surface area contributed by atoms with Gasteiger partial charge in [0.05, 0.1) is 18.7 Å². The monoisotopic (exact) mass is 380 g/mol. The lowest BCUT2D eigenvalue weighted by atomic mass is 9.73. The summed E-state index contributed by atoms with van der Waals surface area (Å²) in [5.74, 6) is 1.75. The fourth-order valence-corrected chi connectivity index (χ4v) is 4.79. The summed E-state index contributed by atoms with van der Waals surface area (Å²) in [7, 11) is 1.66. The summed E-state index contributed by atoms with van der Waals surface area (Å²) in [4.78, 5) is 19.3. The molecule has 148 valence electrons. The van der Waals surface area contributed by atoms with Crippen molar-refractivity contribution in [1.29, 1.82) is 0 Å². The average Bonchev–Trinajstić information content (AvgIpc) is 2.76. The maximum atomic E-state index is 12.3. The van der Waals surface area contributed by atoms with Crippen LogP contribution in [0.4, 0.5) is 0 Å². The number of esters is 1. The molecule has 3 aliphatic rings. The predicted molar refractivity (Wildman–Crippen MR) is 109 cm³/mol. The lowest BCUT2D eigenvalue weighted by molar-refractivity contribution is -0.156. The van der Waals surface area contributed by atoms with Gasteiger partial charge >= 0.3 is 5.97 Å². The predicted octanol–water partition coefficient (Wildman–Crippen LogP) is 4.13. The number of fused-ring (bicyclic) bond motifs is 4. The van der Waals surface area contributed by atoms with E-state index in [1.165, 1.54) is 6.42 Å². The zero-order valence-corrected chi connectivity index (χ0v) is 16.6. The summed E-state index contributed by atoms with van der Waals surface area (Å²) < 4.78 is 11.5. The van der Waals surface area contributed by atoms with Gasteiger partial charge in [-0.2, -0.15) is 0 Å². The smallest absolute Gasteiger partial charge is 0.306 e. The Kier molecular flexibility index (Phi) is 5.36. The van der Waals surface area contributed by atoms with E-state index in [0.29, 0.717) is 18.3 Å². The Morgan fingerprint density at radius 3 is 2.96 bits per heavy atom. The molecule has 5 heteroatoms. The van der Waals surface area contributed by atoms with Crippen molar-refractivity contribution in [1.82, 2.24) is 9.88 Å². The fourth-order valence-electron chi connectivity index (χ4n) is 4.79. The van der Waals surface area contributed by atoms with Crippen molar-refractivity contribution in [3.63, 3.8) is 0 Å². The van der Waals surface area contributed by atoms with Crippen LogP contribution in [0, 0.1) is 11.8 Å². The maximum absolute atomic E-state index is 12.3. The Morgan fingerprint density at radius 2 is 2.29 bits per heavy atom. The van der Waals surface area contributed by atoms with Crippen LogP contribution in [0.5, 0.6) is 5.75 Å². The van der Waals surface area contributed by atoms with Crippen LogP contribution in [0.3, 0.4) is 0 Å². The summed E-state index contributed by atoms with van der Waals surface area (Å²) in [5.41, 5.74) is 1.90. The minimum absolute atomic E-state index is 0.166. The van der Waals surface area contributed by atoms with E-state index in [9.17, 15) is 4.79 Å². The molecule has 3 aliphatic heterocycles. The molecule has 5 rings (SSSR count). The van der Waals surface area contributed by atoms with E-state index < -0.39 is 0 Å². The van der Waals surface area contributed by atoms with Gasteiger partial charge in [-0.15, -0.1) is 6.58 Å². The lowest BCUT2D eigenvalue weighted by Crippen LogP contribution is -2.55. The minimum Gasteiger partial charge on any atom is -0.497 e. The molecule has 0 saturated carbocycles. The van der Waals surface area contributed by atoms with Crippen molar-refractivity contribution in [3.8, 4) is 5.75 Å². The number of methoxy groups -OCH3 is 1. The highest BCUT2D eigenvalue weighted by Crippen LogP contribution is 2.43. The number of pyridine rings is 1. The number of piperidine rings is 3. The zero-order chi connectivity index (χ0) is 19.7. The van der Waals surface area contributed by atoms with Crippen LogP contribution in [0.15, 0.2) is 43.1 Å². The van der Waals surface area contributed by atoms with E-state index in [4.69, 9.17) is 9.47 Å². The number of hydrogen-bond acceptors (Lipinski definition) is 5. The Morgan fingerprint density at radius 1 is 1.43 bits per heavy atom. The largest absolute Gasteiger partial charge is 0.497 e. The number of rotatable bonds is 6. The van der Waals surface area contributed by atoms with Crippen LogP contribution in [0.2, 0.25) is 0 Å². The molecule has 1 aromatic carbocycles. The lowest BCUT2D eigenvalue weighted by Gasteiger charge is -2.51. The van der Waals surface area contributed by atoms with Gasteiger partial charge in [-0.25, -0.2) is 0 Å². The number of carbonyl (C=O) groups excluding carboxylic acids is 1. The second kappa shape index (κ2) is 7.92. The topological polar surface area (TPSA) is 51.7 Å². The molecule has 2 bridgehead atoms. The SMILES string of the molecule is C=C[C@H]1CN2CC[C@H]1C[C@@H]2[C@H](OC(=O)CC)c1ccnc2ccc(OC)cc12. The Labute approximate surface area is 166 Å². The third-order valence-electron chi connectivity index (χ3n) is 6.34. The fraction of sp³-hybridized carbons (Fsp3) is 0.478. The van der Waals surface area contributed by atoms with E-state index in [2.05, 4.69) is 22.5 Å². The average molecular weight is 380 g/mol. The van der Waals surface area contributed by atoms with Crippen molar-refractivity contribution >= 4 is 16.9 Å². The summed E-state index contributed by atoms with van der Waals surface area (Å²) in [6.07, 6.45) is 6.17. The summed E-state index contributed by atoms with van der Waals surface area (Å²) in [6.45, 7) is 7.90. The highest BCUT2D eigenvalue weighted by Gasteiger charge is 2.44. The standard InChI is InChI=1S/C23H28N2O3/c1-4-15-14-25-11-9-16(15)12-21(25)23(28-22(26)5-2)18-8-10-24-20-7-6-17(27-3)13-19(18)20/h4,6-8,10,13,15-16,21,23H,1,5,9,11-12,14H2,2-3H3/t15-,16-,21+,23+/m0/s1.